The second-order valence-corrected chi connectivity index (χ2v) is 4.93. The van der Waals surface area contributed by atoms with E-state index in [-0.39, 0.29) is 18.0 Å². The van der Waals surface area contributed by atoms with Crippen molar-refractivity contribution < 1.29 is 19.1 Å². The molecule has 0 saturated heterocycles. The number of hydrogen-bond donors (Lipinski definition) is 3. The van der Waals surface area contributed by atoms with Crippen LogP contribution >= 0.6 is 11.3 Å². The van der Waals surface area contributed by atoms with Crippen molar-refractivity contribution in [2.75, 3.05) is 0 Å². The number of carbonyl (C=O) groups excluding carboxylic acids is 1. The molecule has 0 spiro atoms. The lowest BCUT2D eigenvalue weighted by Crippen LogP contribution is -2.26. The number of furan rings is 1. The molecule has 0 aromatic carbocycles. The first-order valence-electron chi connectivity index (χ1n) is 5.79. The highest BCUT2D eigenvalue weighted by Gasteiger charge is 2.18. The first-order chi connectivity index (χ1) is 9.51. The van der Waals surface area contributed by atoms with E-state index in [1.54, 1.807) is 13.0 Å². The molecule has 8 heteroatoms. The fourth-order valence-corrected chi connectivity index (χ4v) is 2.32. The van der Waals surface area contributed by atoms with Crippen LogP contribution in [0.3, 0.4) is 0 Å². The molecule has 0 bridgehead atoms. The van der Waals surface area contributed by atoms with Crippen LogP contribution in [0.2, 0.25) is 0 Å². The molecule has 0 radical (unpaired) electrons. The molecule has 1 atom stereocenters. The lowest BCUT2D eigenvalue weighted by atomic mass is 10.3. The van der Waals surface area contributed by atoms with Crippen molar-refractivity contribution in [2.45, 2.75) is 19.5 Å². The van der Waals surface area contributed by atoms with Gasteiger partial charge in [-0.3, -0.25) is 4.79 Å². The van der Waals surface area contributed by atoms with E-state index in [9.17, 15) is 9.59 Å². The zero-order valence-electron chi connectivity index (χ0n) is 10.6. The van der Waals surface area contributed by atoms with Crippen molar-refractivity contribution in [2.24, 2.45) is 5.73 Å². The lowest BCUT2D eigenvalue weighted by Gasteiger charge is -2.09. The number of aromatic nitrogens is 1. The minimum absolute atomic E-state index is 0.0329. The smallest absolute Gasteiger partial charge is 0.355 e. The Kier molecular flexibility index (Phi) is 4.16. The van der Waals surface area contributed by atoms with E-state index in [0.717, 1.165) is 0 Å². The van der Waals surface area contributed by atoms with Gasteiger partial charge in [-0.1, -0.05) is 0 Å². The van der Waals surface area contributed by atoms with E-state index in [1.165, 1.54) is 22.8 Å². The van der Waals surface area contributed by atoms with Crippen LogP contribution in [0.1, 0.15) is 44.8 Å². The SMILES string of the molecule is CC(NC(=O)c1ccc(CN)o1)c1nc(C(=O)O)cs1. The van der Waals surface area contributed by atoms with Gasteiger partial charge < -0.3 is 20.6 Å². The summed E-state index contributed by atoms with van der Waals surface area (Å²) in [5.41, 5.74) is 5.36. The number of aromatic carboxylic acids is 1. The number of nitrogens with two attached hydrogens (primary N) is 1. The Labute approximate surface area is 118 Å². The molecule has 7 nitrogen and oxygen atoms in total. The summed E-state index contributed by atoms with van der Waals surface area (Å²) in [6.07, 6.45) is 0. The van der Waals surface area contributed by atoms with E-state index in [4.69, 9.17) is 15.3 Å². The van der Waals surface area contributed by atoms with Gasteiger partial charge in [0, 0.05) is 5.38 Å². The van der Waals surface area contributed by atoms with Crippen LogP contribution in [0.4, 0.5) is 0 Å². The summed E-state index contributed by atoms with van der Waals surface area (Å²) in [4.78, 5) is 26.6. The van der Waals surface area contributed by atoms with Gasteiger partial charge in [0.1, 0.15) is 10.8 Å². The normalized spacial score (nSPS) is 12.1. The zero-order valence-corrected chi connectivity index (χ0v) is 11.4. The quantitative estimate of drug-likeness (QED) is 0.767. The number of hydrogen-bond acceptors (Lipinski definition) is 6. The number of rotatable bonds is 5. The summed E-state index contributed by atoms with van der Waals surface area (Å²) in [5.74, 6) is -0.813. The molecule has 20 heavy (non-hydrogen) atoms. The molecule has 2 rings (SSSR count). The van der Waals surface area contributed by atoms with Gasteiger partial charge in [-0.05, 0) is 19.1 Å². The van der Waals surface area contributed by atoms with Crippen LogP contribution in [-0.2, 0) is 6.54 Å². The van der Waals surface area contributed by atoms with Crippen LogP contribution in [-0.4, -0.2) is 22.0 Å². The van der Waals surface area contributed by atoms with Crippen LogP contribution in [0.25, 0.3) is 0 Å². The second-order valence-electron chi connectivity index (χ2n) is 4.04. The van der Waals surface area contributed by atoms with Gasteiger partial charge in [-0.25, -0.2) is 9.78 Å². The Morgan fingerprint density at radius 3 is 2.85 bits per heavy atom. The molecule has 106 valence electrons. The van der Waals surface area contributed by atoms with Gasteiger partial charge in [-0.15, -0.1) is 11.3 Å². The molecule has 0 saturated carbocycles. The van der Waals surface area contributed by atoms with Crippen molar-refractivity contribution in [3.63, 3.8) is 0 Å². The Morgan fingerprint density at radius 1 is 1.55 bits per heavy atom. The summed E-state index contributed by atoms with van der Waals surface area (Å²) in [7, 11) is 0. The van der Waals surface area contributed by atoms with Crippen LogP contribution in [0.5, 0.6) is 0 Å². The van der Waals surface area contributed by atoms with Gasteiger partial charge in [-0.2, -0.15) is 0 Å². The summed E-state index contributed by atoms with van der Waals surface area (Å²) < 4.78 is 5.23. The maximum Gasteiger partial charge on any atom is 0.355 e. The molecule has 2 aromatic heterocycles. The van der Waals surface area contributed by atoms with Crippen molar-refractivity contribution in [1.29, 1.82) is 0 Å². The maximum atomic E-state index is 11.9. The number of carboxylic acid groups (broad SMARTS) is 1. The van der Waals surface area contributed by atoms with Crippen molar-refractivity contribution in [1.82, 2.24) is 10.3 Å². The number of carboxylic acids is 1. The molecule has 0 fully saturated rings. The topological polar surface area (TPSA) is 118 Å². The largest absolute Gasteiger partial charge is 0.476 e. The van der Waals surface area contributed by atoms with Crippen molar-refractivity contribution >= 4 is 23.2 Å². The first-order valence-corrected chi connectivity index (χ1v) is 6.67. The van der Waals surface area contributed by atoms with Crippen molar-refractivity contribution in [3.05, 3.63) is 39.7 Å². The predicted octanol–water partition coefficient (Wildman–Crippen LogP) is 1.38. The monoisotopic (exact) mass is 295 g/mol. The standard InChI is InChI=1S/C12H13N3O4S/c1-6(11-15-8(5-20-11)12(17)18)14-10(16)9-3-2-7(4-13)19-9/h2-3,5-6H,4,13H2,1H3,(H,14,16)(H,17,18). The number of amides is 1. The van der Waals surface area contributed by atoms with Crippen LogP contribution in [0, 0.1) is 0 Å². The third kappa shape index (κ3) is 3.03. The van der Waals surface area contributed by atoms with E-state index in [2.05, 4.69) is 10.3 Å². The molecule has 0 aliphatic heterocycles. The molecular formula is C12H13N3O4S. The summed E-state index contributed by atoms with van der Waals surface area (Å²) in [6.45, 7) is 1.94. The highest BCUT2D eigenvalue weighted by molar-refractivity contribution is 7.09. The molecule has 0 aliphatic carbocycles. The third-order valence-electron chi connectivity index (χ3n) is 2.55. The molecule has 4 N–H and O–H groups in total. The summed E-state index contributed by atoms with van der Waals surface area (Å²) in [5, 5.41) is 13.4. The van der Waals surface area contributed by atoms with E-state index in [1.807, 2.05) is 0 Å². The Balaban J connectivity index is 2.04. The number of nitrogens with zero attached hydrogens (tertiary/aromatic N) is 1. The van der Waals surface area contributed by atoms with Crippen molar-refractivity contribution in [3.8, 4) is 0 Å². The Bertz CT molecular complexity index is 634. The number of thiazole rings is 1. The molecular weight excluding hydrogens is 282 g/mol. The number of nitrogens with one attached hydrogen (secondary N) is 1. The summed E-state index contributed by atoms with van der Waals surface area (Å²) >= 11 is 1.18. The first kappa shape index (κ1) is 14.2. The van der Waals surface area contributed by atoms with E-state index in [0.29, 0.717) is 10.8 Å². The van der Waals surface area contributed by atoms with Gasteiger partial charge in [0.25, 0.3) is 5.91 Å². The molecule has 2 heterocycles. The average molecular weight is 295 g/mol. The van der Waals surface area contributed by atoms with Crippen LogP contribution in [0.15, 0.2) is 21.9 Å². The minimum atomic E-state index is -1.09. The average Bonchev–Trinajstić information content (AvgIpc) is 3.07. The Hall–Kier alpha value is -2.19. The minimum Gasteiger partial charge on any atom is -0.476 e. The predicted molar refractivity (Wildman–Crippen MR) is 71.6 cm³/mol. The Morgan fingerprint density at radius 2 is 2.30 bits per heavy atom. The number of carbonyl (C=O) groups is 2. The molecule has 1 amide bonds. The highest BCUT2D eigenvalue weighted by Crippen LogP contribution is 2.19. The zero-order chi connectivity index (χ0) is 14.7. The third-order valence-corrected chi connectivity index (χ3v) is 3.57. The fourth-order valence-electron chi connectivity index (χ4n) is 1.52. The van der Waals surface area contributed by atoms with Gasteiger partial charge in [0.15, 0.2) is 11.5 Å². The molecule has 2 aromatic rings. The van der Waals surface area contributed by atoms with Gasteiger partial charge in [0.05, 0.1) is 12.6 Å². The lowest BCUT2D eigenvalue weighted by molar-refractivity contribution is 0.0691. The van der Waals surface area contributed by atoms with E-state index < -0.39 is 17.9 Å². The van der Waals surface area contributed by atoms with E-state index >= 15 is 0 Å². The second kappa shape index (κ2) is 5.85. The fraction of sp³-hybridized carbons (Fsp3) is 0.250. The maximum absolute atomic E-state index is 11.9. The molecule has 1 unspecified atom stereocenters. The molecule has 0 aliphatic rings. The highest BCUT2D eigenvalue weighted by atomic mass is 32.1. The van der Waals surface area contributed by atoms with Gasteiger partial charge >= 0.3 is 5.97 Å². The van der Waals surface area contributed by atoms with Gasteiger partial charge in [0.2, 0.25) is 0 Å². The van der Waals surface area contributed by atoms with Crippen LogP contribution < -0.4 is 11.1 Å². The summed E-state index contributed by atoms with van der Waals surface area (Å²) in [6, 6.07) is 2.76.